The summed E-state index contributed by atoms with van der Waals surface area (Å²) in [6.07, 6.45) is 0. The van der Waals surface area contributed by atoms with E-state index in [2.05, 4.69) is 0 Å². The molecule has 3 aromatic rings. The third-order valence-electron chi connectivity index (χ3n) is 3.70. The second kappa shape index (κ2) is 5.82. The van der Waals surface area contributed by atoms with Crippen LogP contribution in [0.15, 0.2) is 33.5 Å². The third-order valence-corrected chi connectivity index (χ3v) is 3.70. The van der Waals surface area contributed by atoms with Gasteiger partial charge in [-0.05, 0) is 18.2 Å². The molecule has 0 atom stereocenters. The summed E-state index contributed by atoms with van der Waals surface area (Å²) in [4.78, 5) is 12.4. The normalized spacial score (nSPS) is 10.8. The van der Waals surface area contributed by atoms with Gasteiger partial charge in [0.2, 0.25) is 17.2 Å². The van der Waals surface area contributed by atoms with Gasteiger partial charge in [0.15, 0.2) is 28.3 Å². The lowest BCUT2D eigenvalue weighted by Crippen LogP contribution is -2.03. The number of ether oxygens (including phenoxy) is 2. The van der Waals surface area contributed by atoms with Crippen molar-refractivity contribution in [1.82, 2.24) is 0 Å². The molecule has 0 unspecified atom stereocenters. The molecule has 0 amide bonds. The van der Waals surface area contributed by atoms with Crippen molar-refractivity contribution in [2.45, 2.75) is 0 Å². The molecule has 0 radical (unpaired) electrons. The smallest absolute Gasteiger partial charge is 0.211 e. The van der Waals surface area contributed by atoms with Crippen LogP contribution in [0.2, 0.25) is 0 Å². The van der Waals surface area contributed by atoms with E-state index in [1.165, 1.54) is 32.4 Å². The van der Waals surface area contributed by atoms with Gasteiger partial charge in [-0.2, -0.15) is 0 Å². The lowest BCUT2D eigenvalue weighted by atomic mass is 10.1. The minimum atomic E-state index is -0.693. The molecule has 0 fully saturated rings. The third kappa shape index (κ3) is 2.44. The molecule has 4 N–H and O–H groups in total. The Morgan fingerprint density at radius 3 is 2.16 bits per heavy atom. The molecular weight excluding hydrogens is 332 g/mol. The number of methoxy groups -OCH3 is 2. The fourth-order valence-corrected chi connectivity index (χ4v) is 2.51. The molecule has 25 heavy (non-hydrogen) atoms. The van der Waals surface area contributed by atoms with Crippen LogP contribution in [0.1, 0.15) is 0 Å². The van der Waals surface area contributed by atoms with Crippen LogP contribution in [0.4, 0.5) is 0 Å². The first kappa shape index (κ1) is 16.3. The van der Waals surface area contributed by atoms with Gasteiger partial charge in [-0.25, -0.2) is 0 Å². The van der Waals surface area contributed by atoms with Crippen LogP contribution in [-0.4, -0.2) is 34.6 Å². The Kier molecular flexibility index (Phi) is 3.80. The number of rotatable bonds is 3. The summed E-state index contributed by atoms with van der Waals surface area (Å²) in [5, 5.41) is 38.8. The van der Waals surface area contributed by atoms with E-state index in [9.17, 15) is 25.2 Å². The second-order valence-corrected chi connectivity index (χ2v) is 5.15. The highest BCUT2D eigenvalue weighted by molar-refractivity contribution is 5.95. The number of fused-ring (bicyclic) bond motifs is 1. The largest absolute Gasteiger partial charge is 0.504 e. The summed E-state index contributed by atoms with van der Waals surface area (Å²) < 4.78 is 15.8. The van der Waals surface area contributed by atoms with Gasteiger partial charge in [-0.15, -0.1) is 0 Å². The topological polar surface area (TPSA) is 130 Å². The SMILES string of the molecule is COc1c(O)c(O)c2c(=O)cc(-c3ccc(O)c(O)c3)oc2c1OC. The highest BCUT2D eigenvalue weighted by Crippen LogP contribution is 2.49. The first-order chi connectivity index (χ1) is 11.9. The highest BCUT2D eigenvalue weighted by atomic mass is 16.5. The lowest BCUT2D eigenvalue weighted by molar-refractivity contribution is 0.321. The molecule has 8 nitrogen and oxygen atoms in total. The van der Waals surface area contributed by atoms with Crippen LogP contribution >= 0.6 is 0 Å². The van der Waals surface area contributed by atoms with Crippen LogP contribution < -0.4 is 14.9 Å². The van der Waals surface area contributed by atoms with Gasteiger partial charge in [-0.1, -0.05) is 0 Å². The average molecular weight is 346 g/mol. The molecule has 3 rings (SSSR count). The maximum Gasteiger partial charge on any atom is 0.211 e. The maximum atomic E-state index is 12.4. The Bertz CT molecular complexity index is 1040. The number of benzene rings is 2. The predicted octanol–water partition coefficient (Wildman–Crippen LogP) is 2.30. The molecule has 0 aliphatic rings. The summed E-state index contributed by atoms with van der Waals surface area (Å²) >= 11 is 0. The molecule has 0 spiro atoms. The van der Waals surface area contributed by atoms with Crippen LogP contribution in [0, 0.1) is 0 Å². The average Bonchev–Trinajstić information content (AvgIpc) is 2.59. The van der Waals surface area contributed by atoms with Crippen LogP contribution in [0.3, 0.4) is 0 Å². The van der Waals surface area contributed by atoms with Crippen molar-refractivity contribution in [2.75, 3.05) is 14.2 Å². The summed E-state index contributed by atoms with van der Waals surface area (Å²) in [5.41, 5.74) is -0.467. The quantitative estimate of drug-likeness (QED) is 0.532. The molecule has 0 aliphatic heterocycles. The minimum absolute atomic E-state index is 0.0539. The standard InChI is InChI=1S/C17H14O8/c1-23-16-14(22)13(21)12-10(20)6-11(25-15(12)17(16)24-2)7-3-4-8(18)9(19)5-7/h3-6,18-19,21-22H,1-2H3. The summed E-state index contributed by atoms with van der Waals surface area (Å²) in [5.74, 6) is -2.27. The molecule has 2 aromatic carbocycles. The van der Waals surface area contributed by atoms with E-state index in [1.54, 1.807) is 0 Å². The number of phenols is 4. The van der Waals surface area contributed by atoms with E-state index in [0.29, 0.717) is 5.56 Å². The Hall–Kier alpha value is -3.55. The molecule has 1 heterocycles. The summed E-state index contributed by atoms with van der Waals surface area (Å²) in [6.45, 7) is 0. The minimum Gasteiger partial charge on any atom is -0.504 e. The fraction of sp³-hybridized carbons (Fsp3) is 0.118. The Balaban J connectivity index is 2.40. The van der Waals surface area contributed by atoms with Crippen molar-refractivity contribution < 1.29 is 34.3 Å². The Labute approximate surface area is 140 Å². The van der Waals surface area contributed by atoms with Crippen molar-refractivity contribution >= 4 is 11.0 Å². The molecule has 0 saturated heterocycles. The van der Waals surface area contributed by atoms with Gasteiger partial charge in [0, 0.05) is 11.6 Å². The molecule has 0 aliphatic carbocycles. The van der Waals surface area contributed by atoms with E-state index in [0.717, 1.165) is 6.07 Å². The zero-order valence-electron chi connectivity index (χ0n) is 13.2. The van der Waals surface area contributed by atoms with Crippen molar-refractivity contribution in [3.63, 3.8) is 0 Å². The van der Waals surface area contributed by atoms with Crippen molar-refractivity contribution in [1.29, 1.82) is 0 Å². The van der Waals surface area contributed by atoms with Gasteiger partial charge < -0.3 is 34.3 Å². The second-order valence-electron chi connectivity index (χ2n) is 5.15. The highest BCUT2D eigenvalue weighted by Gasteiger charge is 2.25. The maximum absolute atomic E-state index is 12.4. The zero-order valence-corrected chi connectivity index (χ0v) is 13.2. The van der Waals surface area contributed by atoms with Gasteiger partial charge >= 0.3 is 0 Å². The first-order valence-corrected chi connectivity index (χ1v) is 7.05. The van der Waals surface area contributed by atoms with Crippen molar-refractivity contribution in [3.05, 3.63) is 34.5 Å². The first-order valence-electron chi connectivity index (χ1n) is 7.05. The van der Waals surface area contributed by atoms with Gasteiger partial charge in [0.05, 0.1) is 14.2 Å². The molecular formula is C17H14O8. The predicted molar refractivity (Wildman–Crippen MR) is 87.7 cm³/mol. The van der Waals surface area contributed by atoms with Gasteiger partial charge in [-0.3, -0.25) is 4.79 Å². The molecule has 1 aromatic heterocycles. The van der Waals surface area contributed by atoms with E-state index in [4.69, 9.17) is 13.9 Å². The number of hydrogen-bond donors (Lipinski definition) is 4. The summed E-state index contributed by atoms with van der Waals surface area (Å²) in [6, 6.07) is 4.97. The van der Waals surface area contributed by atoms with Crippen molar-refractivity contribution in [2.24, 2.45) is 0 Å². The Morgan fingerprint density at radius 1 is 0.880 bits per heavy atom. The van der Waals surface area contributed by atoms with Crippen LogP contribution in [0.25, 0.3) is 22.3 Å². The van der Waals surface area contributed by atoms with Gasteiger partial charge in [0.1, 0.15) is 11.1 Å². The molecule has 0 bridgehead atoms. The molecule has 130 valence electrons. The number of hydrogen-bond acceptors (Lipinski definition) is 8. The van der Waals surface area contributed by atoms with E-state index < -0.39 is 22.7 Å². The number of phenolic OH excluding ortho intramolecular Hbond substituents is 4. The Morgan fingerprint density at radius 2 is 1.56 bits per heavy atom. The van der Waals surface area contributed by atoms with Crippen molar-refractivity contribution in [3.8, 4) is 45.8 Å². The van der Waals surface area contributed by atoms with E-state index in [1.807, 2.05) is 0 Å². The zero-order chi connectivity index (χ0) is 18.3. The van der Waals surface area contributed by atoms with Crippen LogP contribution in [-0.2, 0) is 0 Å². The van der Waals surface area contributed by atoms with Crippen LogP contribution in [0.5, 0.6) is 34.5 Å². The summed E-state index contributed by atoms with van der Waals surface area (Å²) in [7, 11) is 2.54. The molecule has 8 heteroatoms. The van der Waals surface area contributed by atoms with E-state index >= 15 is 0 Å². The fourth-order valence-electron chi connectivity index (χ4n) is 2.51. The monoisotopic (exact) mass is 346 g/mol. The molecule has 0 saturated carbocycles. The van der Waals surface area contributed by atoms with Gasteiger partial charge in [0.25, 0.3) is 0 Å². The van der Waals surface area contributed by atoms with E-state index in [-0.39, 0.29) is 34.0 Å². The lowest BCUT2D eigenvalue weighted by Gasteiger charge is -2.14. The number of aromatic hydroxyl groups is 4.